The summed E-state index contributed by atoms with van der Waals surface area (Å²) < 4.78 is 0. The summed E-state index contributed by atoms with van der Waals surface area (Å²) in [6.07, 6.45) is 3.58. The van der Waals surface area contributed by atoms with Gasteiger partial charge in [-0.15, -0.1) is 0 Å². The summed E-state index contributed by atoms with van der Waals surface area (Å²) in [4.78, 5) is 11.1. The molecule has 0 saturated carbocycles. The molecule has 0 aliphatic heterocycles. The van der Waals surface area contributed by atoms with E-state index in [2.05, 4.69) is 20.8 Å². The Kier molecular flexibility index (Phi) is 4.63. The first-order valence-corrected chi connectivity index (χ1v) is 5.51. The number of hydrogen-bond acceptors (Lipinski definition) is 1. The minimum absolute atomic E-state index is 0.270. The van der Waals surface area contributed by atoms with E-state index in [-0.39, 0.29) is 5.41 Å². The van der Waals surface area contributed by atoms with Crippen molar-refractivity contribution in [1.82, 2.24) is 0 Å². The summed E-state index contributed by atoms with van der Waals surface area (Å²) >= 11 is 0. The van der Waals surface area contributed by atoms with Gasteiger partial charge in [-0.2, -0.15) is 0 Å². The summed E-state index contributed by atoms with van der Waals surface area (Å²) in [5.41, 5.74) is -0.266. The summed E-state index contributed by atoms with van der Waals surface area (Å²) in [6.45, 7) is 10.4. The molecule has 1 atom stereocenters. The minimum atomic E-state index is -0.660. The predicted molar refractivity (Wildman–Crippen MR) is 59.3 cm³/mol. The lowest BCUT2D eigenvalue weighted by molar-refractivity contribution is -0.148. The van der Waals surface area contributed by atoms with Gasteiger partial charge in [-0.1, -0.05) is 34.1 Å². The van der Waals surface area contributed by atoms with Crippen molar-refractivity contribution in [3.8, 4) is 0 Å². The molecule has 0 rings (SSSR count). The van der Waals surface area contributed by atoms with Crippen LogP contribution >= 0.6 is 0 Å². The fourth-order valence-electron chi connectivity index (χ4n) is 1.23. The van der Waals surface area contributed by atoms with Crippen LogP contribution in [0.25, 0.3) is 0 Å². The number of hydrogen-bond donors (Lipinski definition) is 1. The Morgan fingerprint density at radius 1 is 1.07 bits per heavy atom. The second kappa shape index (κ2) is 4.81. The van der Waals surface area contributed by atoms with Crippen LogP contribution in [0.2, 0.25) is 0 Å². The fourth-order valence-corrected chi connectivity index (χ4v) is 1.23. The normalized spacial score (nSPS) is 16.4. The molecule has 0 amide bonds. The second-order valence-electron chi connectivity index (χ2n) is 5.24. The molecule has 1 N–H and O–H groups in total. The van der Waals surface area contributed by atoms with Crippen molar-refractivity contribution >= 4 is 5.97 Å². The molecule has 0 radical (unpaired) electrons. The van der Waals surface area contributed by atoms with E-state index >= 15 is 0 Å². The van der Waals surface area contributed by atoms with Crippen molar-refractivity contribution in [2.75, 3.05) is 0 Å². The predicted octanol–water partition coefficient (Wildman–Crippen LogP) is 3.70. The Labute approximate surface area is 87.7 Å². The molecule has 14 heavy (non-hydrogen) atoms. The molecule has 0 fully saturated rings. The molecule has 84 valence electrons. The Balaban J connectivity index is 4.29. The van der Waals surface area contributed by atoms with Crippen molar-refractivity contribution in [3.05, 3.63) is 0 Å². The Morgan fingerprint density at radius 3 is 1.86 bits per heavy atom. The fraction of sp³-hybridized carbons (Fsp3) is 0.917. The Bertz CT molecular complexity index is 196. The molecule has 0 aromatic rings. The average molecular weight is 200 g/mol. The molecule has 0 heterocycles. The highest BCUT2D eigenvalue weighted by Crippen LogP contribution is 2.35. The van der Waals surface area contributed by atoms with E-state index in [4.69, 9.17) is 5.11 Å². The summed E-state index contributed by atoms with van der Waals surface area (Å²) in [7, 11) is 0. The van der Waals surface area contributed by atoms with Crippen molar-refractivity contribution in [3.63, 3.8) is 0 Å². The van der Waals surface area contributed by atoms with Gasteiger partial charge in [0, 0.05) is 0 Å². The zero-order valence-corrected chi connectivity index (χ0v) is 10.2. The van der Waals surface area contributed by atoms with Crippen molar-refractivity contribution in [2.45, 2.75) is 60.3 Å². The first-order chi connectivity index (χ1) is 6.27. The highest BCUT2D eigenvalue weighted by Gasteiger charge is 2.32. The third-order valence-electron chi connectivity index (χ3n) is 3.61. The SMILES string of the molecule is CCC(C)(C)CCC(C)(CC)C(=O)O. The molecule has 0 aliphatic rings. The molecule has 0 saturated heterocycles. The number of carboxylic acid groups (broad SMARTS) is 1. The van der Waals surface area contributed by atoms with Crippen LogP contribution in [-0.4, -0.2) is 11.1 Å². The third kappa shape index (κ3) is 3.69. The van der Waals surface area contributed by atoms with Crippen LogP contribution in [0, 0.1) is 10.8 Å². The standard InChI is InChI=1S/C12H24O2/c1-6-11(3,4)8-9-12(5,7-2)10(13)14/h6-9H2,1-5H3,(H,13,14). The van der Waals surface area contributed by atoms with Gasteiger partial charge in [0.2, 0.25) is 0 Å². The van der Waals surface area contributed by atoms with Gasteiger partial charge in [-0.05, 0) is 31.6 Å². The van der Waals surface area contributed by atoms with E-state index in [1.807, 2.05) is 13.8 Å². The van der Waals surface area contributed by atoms with E-state index in [0.29, 0.717) is 6.42 Å². The molecular weight excluding hydrogens is 176 g/mol. The minimum Gasteiger partial charge on any atom is -0.481 e. The van der Waals surface area contributed by atoms with Crippen molar-refractivity contribution in [2.24, 2.45) is 10.8 Å². The highest BCUT2D eigenvalue weighted by atomic mass is 16.4. The van der Waals surface area contributed by atoms with Gasteiger partial charge in [0.05, 0.1) is 5.41 Å². The second-order valence-corrected chi connectivity index (χ2v) is 5.24. The lowest BCUT2D eigenvalue weighted by Crippen LogP contribution is -2.28. The number of rotatable bonds is 6. The van der Waals surface area contributed by atoms with Crippen LogP contribution in [0.5, 0.6) is 0 Å². The highest BCUT2D eigenvalue weighted by molar-refractivity contribution is 5.73. The molecule has 0 bridgehead atoms. The first kappa shape index (κ1) is 13.5. The molecule has 1 unspecified atom stereocenters. The van der Waals surface area contributed by atoms with Gasteiger partial charge in [0.25, 0.3) is 0 Å². The maximum Gasteiger partial charge on any atom is 0.309 e. The number of carbonyl (C=O) groups is 1. The van der Waals surface area contributed by atoms with Crippen LogP contribution in [0.4, 0.5) is 0 Å². The number of carboxylic acids is 1. The number of aliphatic carboxylic acids is 1. The van der Waals surface area contributed by atoms with Gasteiger partial charge >= 0.3 is 5.97 Å². The van der Waals surface area contributed by atoms with Crippen LogP contribution in [0.3, 0.4) is 0 Å². The van der Waals surface area contributed by atoms with E-state index in [1.165, 1.54) is 0 Å². The molecule has 0 aromatic carbocycles. The zero-order chi connectivity index (χ0) is 11.4. The van der Waals surface area contributed by atoms with Gasteiger partial charge in [0.15, 0.2) is 0 Å². The topological polar surface area (TPSA) is 37.3 Å². The largest absolute Gasteiger partial charge is 0.481 e. The van der Waals surface area contributed by atoms with E-state index in [0.717, 1.165) is 19.3 Å². The average Bonchev–Trinajstić information content (AvgIpc) is 2.14. The summed E-state index contributed by atoms with van der Waals surface area (Å²) in [5, 5.41) is 9.10. The summed E-state index contributed by atoms with van der Waals surface area (Å²) in [6, 6.07) is 0. The quantitative estimate of drug-likeness (QED) is 0.709. The molecule has 0 aliphatic carbocycles. The van der Waals surface area contributed by atoms with Gasteiger partial charge in [0.1, 0.15) is 0 Å². The van der Waals surface area contributed by atoms with E-state index in [9.17, 15) is 4.79 Å². The van der Waals surface area contributed by atoms with E-state index < -0.39 is 11.4 Å². The maximum atomic E-state index is 11.1. The van der Waals surface area contributed by atoms with Crippen molar-refractivity contribution in [1.29, 1.82) is 0 Å². The van der Waals surface area contributed by atoms with Gasteiger partial charge < -0.3 is 5.11 Å². The van der Waals surface area contributed by atoms with Crippen LogP contribution in [0.15, 0.2) is 0 Å². The third-order valence-corrected chi connectivity index (χ3v) is 3.61. The summed E-state index contributed by atoms with van der Waals surface area (Å²) in [5.74, 6) is -0.660. The van der Waals surface area contributed by atoms with Crippen LogP contribution in [-0.2, 0) is 4.79 Å². The maximum absolute atomic E-state index is 11.1. The van der Waals surface area contributed by atoms with Crippen LogP contribution in [0.1, 0.15) is 60.3 Å². The van der Waals surface area contributed by atoms with Crippen LogP contribution < -0.4 is 0 Å². The zero-order valence-electron chi connectivity index (χ0n) is 10.2. The van der Waals surface area contributed by atoms with E-state index in [1.54, 1.807) is 0 Å². The first-order valence-electron chi connectivity index (χ1n) is 5.51. The monoisotopic (exact) mass is 200 g/mol. The molecular formula is C12H24O2. The van der Waals surface area contributed by atoms with Crippen molar-refractivity contribution < 1.29 is 9.90 Å². The van der Waals surface area contributed by atoms with Gasteiger partial charge in [-0.3, -0.25) is 4.79 Å². The molecule has 2 nitrogen and oxygen atoms in total. The van der Waals surface area contributed by atoms with Gasteiger partial charge in [-0.25, -0.2) is 0 Å². The Morgan fingerprint density at radius 2 is 1.57 bits per heavy atom. The Hall–Kier alpha value is -0.530. The smallest absolute Gasteiger partial charge is 0.309 e. The molecule has 0 aromatic heterocycles. The molecule has 2 heteroatoms. The lowest BCUT2D eigenvalue weighted by Gasteiger charge is -2.29. The molecule has 0 spiro atoms. The lowest BCUT2D eigenvalue weighted by atomic mass is 9.75.